The smallest absolute Gasteiger partial charge is 0.126 e. The molecule has 1 saturated carbocycles. The molecule has 3 heteroatoms. The highest BCUT2D eigenvalue weighted by molar-refractivity contribution is 5.38. The van der Waals surface area contributed by atoms with Crippen molar-refractivity contribution in [1.82, 2.24) is 4.98 Å². The van der Waals surface area contributed by atoms with Crippen LogP contribution in [0.1, 0.15) is 37.7 Å². The molecule has 88 valence electrons. The van der Waals surface area contributed by atoms with Crippen LogP contribution in [0.4, 0.5) is 5.82 Å². The predicted octanol–water partition coefficient (Wildman–Crippen LogP) is 2.15. The lowest BCUT2D eigenvalue weighted by Crippen LogP contribution is -2.13. The molecule has 0 aromatic carbocycles. The zero-order valence-corrected chi connectivity index (χ0v) is 9.60. The van der Waals surface area contributed by atoms with Gasteiger partial charge in [-0.05, 0) is 36.8 Å². The maximum absolute atomic E-state index is 9.76. The average Bonchev–Trinajstić information content (AvgIpc) is 2.46. The summed E-state index contributed by atoms with van der Waals surface area (Å²) in [6.07, 6.45) is 8.00. The second kappa shape index (κ2) is 5.30. The molecule has 1 aliphatic carbocycles. The summed E-state index contributed by atoms with van der Waals surface area (Å²) in [4.78, 5) is 4.10. The highest BCUT2D eigenvalue weighted by Gasteiger charge is 2.19. The van der Waals surface area contributed by atoms with Crippen LogP contribution in [0.15, 0.2) is 18.3 Å². The minimum absolute atomic E-state index is 0.120. The molecule has 3 N–H and O–H groups in total. The van der Waals surface area contributed by atoms with Crippen molar-refractivity contribution < 1.29 is 5.11 Å². The standard InChI is InChI=1S/C13H20N2O/c14-13-11(5-3-7-15-13)8-10-4-1-2-6-12(16)9-10/h3,5,7,10,12,16H,1-2,4,6,8-9H2,(H2,14,15). The molecule has 1 aliphatic rings. The van der Waals surface area contributed by atoms with E-state index in [4.69, 9.17) is 5.73 Å². The Bertz CT molecular complexity index is 340. The van der Waals surface area contributed by atoms with Crippen molar-refractivity contribution in [2.24, 2.45) is 5.92 Å². The van der Waals surface area contributed by atoms with Crippen LogP contribution in [-0.4, -0.2) is 16.2 Å². The highest BCUT2D eigenvalue weighted by Crippen LogP contribution is 2.27. The van der Waals surface area contributed by atoms with Crippen LogP contribution < -0.4 is 5.73 Å². The van der Waals surface area contributed by atoms with E-state index in [1.54, 1.807) is 6.20 Å². The minimum atomic E-state index is -0.120. The summed E-state index contributed by atoms with van der Waals surface area (Å²) in [7, 11) is 0. The van der Waals surface area contributed by atoms with Crippen LogP contribution in [0.5, 0.6) is 0 Å². The van der Waals surface area contributed by atoms with Crippen LogP contribution in [0.25, 0.3) is 0 Å². The van der Waals surface area contributed by atoms with Crippen LogP contribution >= 0.6 is 0 Å². The molecular formula is C13H20N2O. The zero-order chi connectivity index (χ0) is 11.4. The summed E-state index contributed by atoms with van der Waals surface area (Å²) in [6.45, 7) is 0. The van der Waals surface area contributed by atoms with Gasteiger partial charge in [-0.25, -0.2) is 4.98 Å². The Morgan fingerprint density at radius 2 is 2.19 bits per heavy atom. The Balaban J connectivity index is 2.00. The fraction of sp³-hybridized carbons (Fsp3) is 0.615. The van der Waals surface area contributed by atoms with Crippen molar-refractivity contribution in [3.63, 3.8) is 0 Å². The molecule has 2 rings (SSSR count). The minimum Gasteiger partial charge on any atom is -0.393 e. The van der Waals surface area contributed by atoms with Crippen molar-refractivity contribution in [1.29, 1.82) is 0 Å². The number of pyridine rings is 1. The SMILES string of the molecule is Nc1ncccc1CC1CCCCC(O)C1. The number of hydrogen-bond donors (Lipinski definition) is 2. The van der Waals surface area contributed by atoms with E-state index in [0.29, 0.717) is 11.7 Å². The van der Waals surface area contributed by atoms with Gasteiger partial charge in [0.1, 0.15) is 5.82 Å². The molecular weight excluding hydrogens is 200 g/mol. The number of hydrogen-bond acceptors (Lipinski definition) is 3. The lowest BCUT2D eigenvalue weighted by molar-refractivity contribution is 0.141. The summed E-state index contributed by atoms with van der Waals surface area (Å²) in [5, 5.41) is 9.76. The van der Waals surface area contributed by atoms with Gasteiger partial charge in [-0.3, -0.25) is 0 Å². The molecule has 1 aromatic heterocycles. The number of aliphatic hydroxyl groups excluding tert-OH is 1. The van der Waals surface area contributed by atoms with E-state index in [-0.39, 0.29) is 6.10 Å². The molecule has 0 bridgehead atoms. The molecule has 0 aliphatic heterocycles. The van der Waals surface area contributed by atoms with Gasteiger partial charge < -0.3 is 10.8 Å². The van der Waals surface area contributed by atoms with Crippen LogP contribution in [0, 0.1) is 5.92 Å². The molecule has 0 spiro atoms. The third-order valence-corrected chi connectivity index (χ3v) is 3.44. The normalized spacial score (nSPS) is 26.3. The van der Waals surface area contributed by atoms with Gasteiger partial charge in [0.25, 0.3) is 0 Å². The maximum Gasteiger partial charge on any atom is 0.126 e. The molecule has 0 amide bonds. The second-order valence-corrected chi connectivity index (χ2v) is 4.79. The van der Waals surface area contributed by atoms with Crippen molar-refractivity contribution >= 4 is 5.82 Å². The van der Waals surface area contributed by atoms with Crippen molar-refractivity contribution in [2.45, 2.75) is 44.6 Å². The van der Waals surface area contributed by atoms with Gasteiger partial charge in [-0.1, -0.05) is 25.3 Å². The average molecular weight is 220 g/mol. The fourth-order valence-electron chi connectivity index (χ4n) is 2.55. The maximum atomic E-state index is 9.76. The van der Waals surface area contributed by atoms with E-state index < -0.39 is 0 Å². The third kappa shape index (κ3) is 2.95. The number of nitrogens with zero attached hydrogens (tertiary/aromatic N) is 1. The molecule has 2 unspecified atom stereocenters. The van der Waals surface area contributed by atoms with E-state index in [0.717, 1.165) is 31.2 Å². The molecule has 0 radical (unpaired) electrons. The first kappa shape index (κ1) is 11.4. The van der Waals surface area contributed by atoms with Gasteiger partial charge in [0, 0.05) is 6.20 Å². The van der Waals surface area contributed by atoms with Gasteiger partial charge in [0.2, 0.25) is 0 Å². The van der Waals surface area contributed by atoms with Gasteiger partial charge in [0.05, 0.1) is 6.10 Å². The van der Waals surface area contributed by atoms with Gasteiger partial charge in [-0.2, -0.15) is 0 Å². The summed E-state index contributed by atoms with van der Waals surface area (Å²) in [5.74, 6) is 1.20. The number of anilines is 1. The van der Waals surface area contributed by atoms with Crippen molar-refractivity contribution in [3.8, 4) is 0 Å². The second-order valence-electron chi connectivity index (χ2n) is 4.79. The first-order chi connectivity index (χ1) is 7.75. The van der Waals surface area contributed by atoms with E-state index in [9.17, 15) is 5.11 Å². The summed E-state index contributed by atoms with van der Waals surface area (Å²) in [6, 6.07) is 3.97. The number of aliphatic hydroxyl groups is 1. The van der Waals surface area contributed by atoms with Crippen LogP contribution in [0.2, 0.25) is 0 Å². The monoisotopic (exact) mass is 220 g/mol. The van der Waals surface area contributed by atoms with Gasteiger partial charge in [-0.15, -0.1) is 0 Å². The van der Waals surface area contributed by atoms with Crippen molar-refractivity contribution in [3.05, 3.63) is 23.9 Å². The number of nitrogen functional groups attached to an aromatic ring is 1. The molecule has 2 atom stereocenters. The molecule has 0 saturated heterocycles. The van der Waals surface area contributed by atoms with Gasteiger partial charge >= 0.3 is 0 Å². The molecule has 3 nitrogen and oxygen atoms in total. The topological polar surface area (TPSA) is 59.1 Å². The fourth-order valence-corrected chi connectivity index (χ4v) is 2.55. The lowest BCUT2D eigenvalue weighted by atomic mass is 9.92. The van der Waals surface area contributed by atoms with Crippen molar-refractivity contribution in [2.75, 3.05) is 5.73 Å². The summed E-state index contributed by atoms with van der Waals surface area (Å²) >= 11 is 0. The van der Waals surface area contributed by atoms with E-state index in [1.165, 1.54) is 12.8 Å². The summed E-state index contributed by atoms with van der Waals surface area (Å²) < 4.78 is 0. The quantitative estimate of drug-likeness (QED) is 0.751. The number of aromatic nitrogens is 1. The summed E-state index contributed by atoms with van der Waals surface area (Å²) in [5.41, 5.74) is 6.96. The Labute approximate surface area is 96.7 Å². The Morgan fingerprint density at radius 1 is 1.38 bits per heavy atom. The molecule has 1 heterocycles. The number of rotatable bonds is 2. The highest BCUT2D eigenvalue weighted by atomic mass is 16.3. The predicted molar refractivity (Wildman–Crippen MR) is 64.9 cm³/mol. The molecule has 16 heavy (non-hydrogen) atoms. The Hall–Kier alpha value is -1.09. The molecule has 1 fully saturated rings. The Kier molecular flexibility index (Phi) is 3.78. The Morgan fingerprint density at radius 3 is 3.00 bits per heavy atom. The van der Waals surface area contributed by atoms with E-state index in [1.807, 2.05) is 12.1 Å². The van der Waals surface area contributed by atoms with E-state index >= 15 is 0 Å². The molecule has 1 aromatic rings. The third-order valence-electron chi connectivity index (χ3n) is 3.44. The van der Waals surface area contributed by atoms with Crippen LogP contribution in [-0.2, 0) is 6.42 Å². The first-order valence-corrected chi connectivity index (χ1v) is 6.13. The van der Waals surface area contributed by atoms with Crippen LogP contribution in [0.3, 0.4) is 0 Å². The van der Waals surface area contributed by atoms with Gasteiger partial charge in [0.15, 0.2) is 0 Å². The lowest BCUT2D eigenvalue weighted by Gasteiger charge is -2.16. The number of nitrogens with two attached hydrogens (primary N) is 1. The first-order valence-electron chi connectivity index (χ1n) is 6.13. The zero-order valence-electron chi connectivity index (χ0n) is 9.60. The largest absolute Gasteiger partial charge is 0.393 e. The van der Waals surface area contributed by atoms with E-state index in [2.05, 4.69) is 4.98 Å².